The van der Waals surface area contributed by atoms with Crippen LogP contribution in [0.5, 0.6) is 5.75 Å². The van der Waals surface area contributed by atoms with Crippen LogP contribution in [-0.4, -0.2) is 73.6 Å². The number of fused-ring (bicyclic) bond motifs is 1. The van der Waals surface area contributed by atoms with Gasteiger partial charge in [-0.25, -0.2) is 0 Å². The van der Waals surface area contributed by atoms with Crippen LogP contribution in [0.2, 0.25) is 0 Å². The van der Waals surface area contributed by atoms with E-state index in [1.807, 2.05) is 54.3 Å². The minimum atomic E-state index is -0.207. The Kier molecular flexibility index (Phi) is 9.97. The second-order valence-corrected chi connectivity index (χ2v) is 9.28. The predicted octanol–water partition coefficient (Wildman–Crippen LogP) is 4.06. The molecule has 0 saturated heterocycles. The number of anilines is 3. The summed E-state index contributed by atoms with van der Waals surface area (Å²) in [6.07, 6.45) is 1.71. The Morgan fingerprint density at radius 3 is 2.55 bits per heavy atom. The molecule has 0 aliphatic carbocycles. The van der Waals surface area contributed by atoms with Crippen LogP contribution >= 0.6 is 0 Å². The normalized spacial score (nSPS) is 12.2. The van der Waals surface area contributed by atoms with Crippen LogP contribution in [-0.2, 0) is 6.42 Å². The molecule has 1 amide bonds. The molecular formula is C30H38N4O4. The van der Waals surface area contributed by atoms with E-state index in [0.29, 0.717) is 37.6 Å². The lowest BCUT2D eigenvalue weighted by atomic mass is 9.99. The molecule has 202 valence electrons. The van der Waals surface area contributed by atoms with Crippen molar-refractivity contribution in [2.75, 3.05) is 68.5 Å². The molecule has 4 rings (SSSR count). The van der Waals surface area contributed by atoms with Gasteiger partial charge in [-0.05, 0) is 73.4 Å². The maximum atomic E-state index is 13.2. The van der Waals surface area contributed by atoms with Gasteiger partial charge in [0.25, 0.3) is 5.91 Å². The summed E-state index contributed by atoms with van der Waals surface area (Å²) in [5.41, 5.74) is 6.54. The molecule has 1 heterocycles. The van der Waals surface area contributed by atoms with Crippen molar-refractivity contribution in [1.29, 1.82) is 0 Å². The first kappa shape index (κ1) is 27.4. The van der Waals surface area contributed by atoms with Crippen LogP contribution in [0.3, 0.4) is 0 Å². The van der Waals surface area contributed by atoms with Gasteiger partial charge < -0.3 is 30.9 Å². The molecule has 0 spiro atoms. The Balaban J connectivity index is 1.55. The van der Waals surface area contributed by atoms with E-state index in [1.54, 1.807) is 0 Å². The Bertz CT molecular complexity index is 1210. The van der Waals surface area contributed by atoms with E-state index in [2.05, 4.69) is 34.1 Å². The first-order valence-corrected chi connectivity index (χ1v) is 13.3. The van der Waals surface area contributed by atoms with Gasteiger partial charge >= 0.3 is 0 Å². The lowest BCUT2D eigenvalue weighted by molar-refractivity contribution is 0.102. The first-order chi connectivity index (χ1) is 18.6. The highest BCUT2D eigenvalue weighted by atomic mass is 16.5. The number of ether oxygens (including phenoxy) is 1. The van der Waals surface area contributed by atoms with Crippen LogP contribution in [0.25, 0.3) is 11.1 Å². The molecule has 5 N–H and O–H groups in total. The molecule has 8 nitrogen and oxygen atoms in total. The summed E-state index contributed by atoms with van der Waals surface area (Å²) in [4.78, 5) is 15.2. The second-order valence-electron chi connectivity index (χ2n) is 9.28. The Hall–Kier alpha value is -3.59. The van der Waals surface area contributed by atoms with Crippen molar-refractivity contribution < 1.29 is 19.7 Å². The number of amides is 1. The number of para-hydroxylation sites is 2. The molecule has 8 heteroatoms. The fourth-order valence-electron chi connectivity index (χ4n) is 4.71. The molecule has 0 bridgehead atoms. The van der Waals surface area contributed by atoms with Crippen molar-refractivity contribution in [3.8, 4) is 16.9 Å². The molecule has 3 aromatic carbocycles. The highest BCUT2D eigenvalue weighted by Crippen LogP contribution is 2.35. The molecule has 1 aliphatic heterocycles. The number of hydrogen-bond donors (Lipinski definition) is 5. The molecule has 38 heavy (non-hydrogen) atoms. The molecule has 3 aromatic rings. The van der Waals surface area contributed by atoms with Crippen molar-refractivity contribution in [3.63, 3.8) is 0 Å². The number of hydrogen-bond acceptors (Lipinski definition) is 7. The molecule has 0 aromatic heterocycles. The maximum absolute atomic E-state index is 13.2. The summed E-state index contributed by atoms with van der Waals surface area (Å²) >= 11 is 0. The topological polar surface area (TPSA) is 106 Å². The summed E-state index contributed by atoms with van der Waals surface area (Å²) in [7, 11) is 0. The van der Waals surface area contributed by atoms with Crippen molar-refractivity contribution >= 4 is 23.0 Å². The van der Waals surface area contributed by atoms with Gasteiger partial charge in [-0.1, -0.05) is 18.2 Å². The minimum absolute atomic E-state index is 0.0479. The zero-order valence-corrected chi connectivity index (χ0v) is 22.0. The Morgan fingerprint density at radius 2 is 1.79 bits per heavy atom. The Labute approximate surface area is 224 Å². The molecule has 0 radical (unpaired) electrons. The zero-order valence-electron chi connectivity index (χ0n) is 22.0. The van der Waals surface area contributed by atoms with Gasteiger partial charge in [-0.15, -0.1) is 0 Å². The number of rotatable bonds is 14. The number of aliphatic hydroxyl groups is 2. The van der Waals surface area contributed by atoms with E-state index in [1.165, 1.54) is 11.3 Å². The van der Waals surface area contributed by atoms with Gasteiger partial charge in [-0.2, -0.15) is 0 Å². The summed E-state index contributed by atoms with van der Waals surface area (Å²) < 4.78 is 6.26. The smallest absolute Gasteiger partial charge is 0.255 e. The van der Waals surface area contributed by atoms with Crippen LogP contribution in [0.15, 0.2) is 60.7 Å². The number of aliphatic hydroxyl groups excluding tert-OH is 2. The lowest BCUT2D eigenvalue weighted by Crippen LogP contribution is -2.31. The molecule has 0 saturated carbocycles. The van der Waals surface area contributed by atoms with Gasteiger partial charge in [0.2, 0.25) is 0 Å². The monoisotopic (exact) mass is 518 g/mol. The fourth-order valence-corrected chi connectivity index (χ4v) is 4.71. The quantitative estimate of drug-likeness (QED) is 0.205. The third kappa shape index (κ3) is 7.04. The number of carbonyl (C=O) groups is 1. The van der Waals surface area contributed by atoms with E-state index in [-0.39, 0.29) is 19.1 Å². The van der Waals surface area contributed by atoms with Crippen LogP contribution in [0, 0.1) is 0 Å². The van der Waals surface area contributed by atoms with Crippen molar-refractivity contribution in [1.82, 2.24) is 4.90 Å². The molecule has 0 atom stereocenters. The molecular weight excluding hydrogens is 480 g/mol. The van der Waals surface area contributed by atoms with Gasteiger partial charge in [-0.3, -0.25) is 9.69 Å². The van der Waals surface area contributed by atoms with Crippen LogP contribution in [0.4, 0.5) is 17.1 Å². The van der Waals surface area contributed by atoms with E-state index in [0.717, 1.165) is 48.4 Å². The summed E-state index contributed by atoms with van der Waals surface area (Å²) in [6, 6.07) is 19.6. The third-order valence-corrected chi connectivity index (χ3v) is 6.62. The van der Waals surface area contributed by atoms with Crippen LogP contribution in [0.1, 0.15) is 29.3 Å². The van der Waals surface area contributed by atoms with E-state index in [9.17, 15) is 15.0 Å². The standard InChI is InChI=1S/C30H38N4O4/c1-2-31-27-6-3-4-7-28(27)33-30(37)24-8-10-25(22-9-11-26-23(20-22)12-13-32-26)29(21-24)38-19-5-14-34(15-17-35)16-18-36/h3-4,6-11,20-21,31-32,35-36H,2,5,12-19H2,1H3,(H,33,37). The molecule has 1 aliphatic rings. The van der Waals surface area contributed by atoms with E-state index < -0.39 is 0 Å². The number of nitrogens with one attached hydrogen (secondary N) is 3. The van der Waals surface area contributed by atoms with Gasteiger partial charge in [0.1, 0.15) is 5.75 Å². The summed E-state index contributed by atoms with van der Waals surface area (Å²) in [5.74, 6) is 0.446. The van der Waals surface area contributed by atoms with E-state index >= 15 is 0 Å². The lowest BCUT2D eigenvalue weighted by Gasteiger charge is -2.20. The van der Waals surface area contributed by atoms with Gasteiger partial charge in [0.15, 0.2) is 0 Å². The number of nitrogens with zero attached hydrogens (tertiary/aromatic N) is 1. The average molecular weight is 519 g/mol. The highest BCUT2D eigenvalue weighted by Gasteiger charge is 2.17. The summed E-state index contributed by atoms with van der Waals surface area (Å²) in [5, 5.41) is 28.2. The van der Waals surface area contributed by atoms with E-state index in [4.69, 9.17) is 4.74 Å². The average Bonchev–Trinajstić information content (AvgIpc) is 3.40. The predicted molar refractivity (Wildman–Crippen MR) is 153 cm³/mol. The van der Waals surface area contributed by atoms with Crippen molar-refractivity contribution in [2.24, 2.45) is 0 Å². The highest BCUT2D eigenvalue weighted by molar-refractivity contribution is 6.06. The van der Waals surface area contributed by atoms with Gasteiger partial charge in [0.05, 0.1) is 31.2 Å². The fraction of sp³-hybridized carbons (Fsp3) is 0.367. The van der Waals surface area contributed by atoms with Crippen LogP contribution < -0.4 is 20.7 Å². The minimum Gasteiger partial charge on any atom is -0.493 e. The number of carbonyl (C=O) groups excluding carboxylic acids is 1. The largest absolute Gasteiger partial charge is 0.493 e. The van der Waals surface area contributed by atoms with Crippen molar-refractivity contribution in [3.05, 3.63) is 71.8 Å². The SMILES string of the molecule is CCNc1ccccc1NC(=O)c1ccc(-c2ccc3c(c2)CCN3)c(OCCCN(CCO)CCO)c1. The zero-order chi connectivity index (χ0) is 26.7. The van der Waals surface area contributed by atoms with Crippen molar-refractivity contribution in [2.45, 2.75) is 19.8 Å². The third-order valence-electron chi connectivity index (χ3n) is 6.62. The van der Waals surface area contributed by atoms with Gasteiger partial charge in [0, 0.05) is 49.5 Å². The molecule has 0 unspecified atom stereocenters. The number of benzene rings is 3. The first-order valence-electron chi connectivity index (χ1n) is 13.3. The summed E-state index contributed by atoms with van der Waals surface area (Å²) in [6.45, 7) is 5.97. The second kappa shape index (κ2) is 13.8. The maximum Gasteiger partial charge on any atom is 0.255 e. The molecule has 0 fully saturated rings. The Morgan fingerprint density at radius 1 is 1.00 bits per heavy atom.